The maximum absolute atomic E-state index is 12.3. The van der Waals surface area contributed by atoms with Crippen LogP contribution in [0.2, 0.25) is 0 Å². The molecule has 24 heavy (non-hydrogen) atoms. The lowest BCUT2D eigenvalue weighted by Crippen LogP contribution is -2.41. The molecule has 0 aliphatic carbocycles. The number of amides is 1. The molecule has 6 heteroatoms. The maximum atomic E-state index is 12.3. The fourth-order valence-corrected chi connectivity index (χ4v) is 4.04. The molecule has 0 aromatic carbocycles. The lowest BCUT2D eigenvalue weighted by Gasteiger charge is -2.31. The van der Waals surface area contributed by atoms with E-state index in [4.69, 9.17) is 0 Å². The summed E-state index contributed by atoms with van der Waals surface area (Å²) < 4.78 is 2.06. The Morgan fingerprint density at radius 2 is 2.12 bits per heavy atom. The van der Waals surface area contributed by atoms with Gasteiger partial charge in [0.25, 0.3) is 0 Å². The van der Waals surface area contributed by atoms with Crippen molar-refractivity contribution in [3.63, 3.8) is 0 Å². The monoisotopic (exact) mass is 346 g/mol. The van der Waals surface area contributed by atoms with Gasteiger partial charge in [0.1, 0.15) is 5.65 Å². The number of imidazole rings is 1. The number of rotatable bonds is 6. The van der Waals surface area contributed by atoms with Crippen LogP contribution in [0.4, 0.5) is 0 Å². The summed E-state index contributed by atoms with van der Waals surface area (Å²) in [7, 11) is 1.99. The van der Waals surface area contributed by atoms with E-state index in [0.717, 1.165) is 49.6 Å². The Labute approximate surface area is 147 Å². The lowest BCUT2D eigenvalue weighted by atomic mass is 9.97. The van der Waals surface area contributed by atoms with E-state index < -0.39 is 0 Å². The van der Waals surface area contributed by atoms with Gasteiger partial charge in [0.05, 0.1) is 11.4 Å². The third-order valence-electron chi connectivity index (χ3n) is 4.58. The molecule has 2 aromatic rings. The highest BCUT2D eigenvalue weighted by molar-refractivity contribution is 7.99. The first-order valence-corrected chi connectivity index (χ1v) is 9.75. The number of thioether (sulfide) groups is 1. The summed E-state index contributed by atoms with van der Waals surface area (Å²) in [6, 6.07) is 4.10. The summed E-state index contributed by atoms with van der Waals surface area (Å²) in [6.45, 7) is 4.94. The molecule has 1 N–H and O–H groups in total. The largest absolute Gasteiger partial charge is 0.342 e. The predicted molar refractivity (Wildman–Crippen MR) is 99.3 cm³/mol. The topological polar surface area (TPSA) is 49.6 Å². The highest BCUT2D eigenvalue weighted by Gasteiger charge is 2.22. The van der Waals surface area contributed by atoms with Crippen molar-refractivity contribution in [2.24, 2.45) is 5.92 Å². The van der Waals surface area contributed by atoms with E-state index in [2.05, 4.69) is 40.1 Å². The Balaban J connectivity index is 1.44. The van der Waals surface area contributed by atoms with Gasteiger partial charge < -0.3 is 14.6 Å². The van der Waals surface area contributed by atoms with Crippen LogP contribution < -0.4 is 5.32 Å². The summed E-state index contributed by atoms with van der Waals surface area (Å²) in [5.41, 5.74) is 3.22. The number of carbonyl (C=O) groups is 1. The Morgan fingerprint density at radius 3 is 2.88 bits per heavy atom. The number of pyridine rings is 1. The van der Waals surface area contributed by atoms with Gasteiger partial charge in [-0.05, 0) is 50.9 Å². The SMILES string of the molecule is CNCC1CCN(C(=O)CSCc2cn3cc(C)ccc3n2)CC1. The van der Waals surface area contributed by atoms with Gasteiger partial charge in [-0.2, -0.15) is 0 Å². The molecule has 1 aliphatic heterocycles. The lowest BCUT2D eigenvalue weighted by molar-refractivity contribution is -0.129. The van der Waals surface area contributed by atoms with E-state index in [1.807, 2.05) is 18.0 Å². The fraction of sp³-hybridized carbons (Fsp3) is 0.556. The molecule has 0 spiro atoms. The minimum absolute atomic E-state index is 0.266. The van der Waals surface area contributed by atoms with Crippen LogP contribution in [-0.4, -0.2) is 52.6 Å². The second-order valence-corrected chi connectivity index (χ2v) is 7.56. The summed E-state index contributed by atoms with van der Waals surface area (Å²) in [5.74, 6) is 2.31. The Bertz CT molecular complexity index is 691. The number of fused-ring (bicyclic) bond motifs is 1. The average molecular weight is 347 g/mol. The van der Waals surface area contributed by atoms with Gasteiger partial charge in [0.15, 0.2) is 0 Å². The third kappa shape index (κ3) is 4.30. The van der Waals surface area contributed by atoms with Crippen molar-refractivity contribution >= 4 is 23.3 Å². The van der Waals surface area contributed by atoms with Crippen LogP contribution in [0, 0.1) is 12.8 Å². The molecule has 1 aliphatic rings. The number of piperidine rings is 1. The van der Waals surface area contributed by atoms with Crippen molar-refractivity contribution in [1.29, 1.82) is 0 Å². The molecular weight excluding hydrogens is 320 g/mol. The van der Waals surface area contributed by atoms with Gasteiger partial charge in [-0.15, -0.1) is 11.8 Å². The fourth-order valence-electron chi connectivity index (χ4n) is 3.23. The highest BCUT2D eigenvalue weighted by atomic mass is 32.2. The number of aromatic nitrogens is 2. The normalized spacial score (nSPS) is 16.0. The summed E-state index contributed by atoms with van der Waals surface area (Å²) in [4.78, 5) is 19.0. The quantitative estimate of drug-likeness (QED) is 0.872. The highest BCUT2D eigenvalue weighted by Crippen LogP contribution is 2.19. The van der Waals surface area contributed by atoms with Crippen LogP contribution >= 0.6 is 11.8 Å². The standard InChI is InChI=1S/C18H26N4OS/c1-14-3-4-17-20-16(11-22(17)10-14)12-24-13-18(23)21-7-5-15(6-8-21)9-19-2/h3-4,10-11,15,19H,5-9,12-13H2,1-2H3. The average Bonchev–Trinajstić information content (AvgIpc) is 2.97. The van der Waals surface area contributed by atoms with Crippen molar-refractivity contribution < 1.29 is 4.79 Å². The predicted octanol–water partition coefficient (Wildman–Crippen LogP) is 2.33. The van der Waals surface area contributed by atoms with E-state index in [1.54, 1.807) is 11.8 Å². The van der Waals surface area contributed by atoms with E-state index >= 15 is 0 Å². The molecule has 0 bridgehead atoms. The minimum Gasteiger partial charge on any atom is -0.342 e. The number of aryl methyl sites for hydroxylation is 1. The first-order valence-electron chi connectivity index (χ1n) is 8.60. The van der Waals surface area contributed by atoms with Crippen LogP contribution in [0.1, 0.15) is 24.1 Å². The molecule has 3 rings (SSSR count). The van der Waals surface area contributed by atoms with Crippen LogP contribution in [0.5, 0.6) is 0 Å². The van der Waals surface area contributed by atoms with E-state index in [1.165, 1.54) is 5.56 Å². The summed E-state index contributed by atoms with van der Waals surface area (Å²) in [6.07, 6.45) is 6.37. The van der Waals surface area contributed by atoms with Crippen molar-refractivity contribution in [1.82, 2.24) is 19.6 Å². The molecule has 130 valence electrons. The number of hydrogen-bond donors (Lipinski definition) is 1. The number of hydrogen-bond acceptors (Lipinski definition) is 4. The zero-order valence-electron chi connectivity index (χ0n) is 14.5. The zero-order chi connectivity index (χ0) is 16.9. The molecule has 1 saturated heterocycles. The molecular formula is C18H26N4OS. The molecule has 0 radical (unpaired) electrons. The van der Waals surface area contributed by atoms with Gasteiger partial charge in [-0.25, -0.2) is 4.98 Å². The van der Waals surface area contributed by atoms with Crippen LogP contribution in [0.3, 0.4) is 0 Å². The van der Waals surface area contributed by atoms with Crippen molar-refractivity contribution in [2.45, 2.75) is 25.5 Å². The molecule has 1 fully saturated rings. The number of likely N-dealkylation sites (tertiary alicyclic amines) is 1. The van der Waals surface area contributed by atoms with E-state index in [9.17, 15) is 4.79 Å². The van der Waals surface area contributed by atoms with Crippen LogP contribution in [0.25, 0.3) is 5.65 Å². The van der Waals surface area contributed by atoms with Gasteiger partial charge in [0, 0.05) is 31.2 Å². The zero-order valence-corrected chi connectivity index (χ0v) is 15.3. The smallest absolute Gasteiger partial charge is 0.232 e. The van der Waals surface area contributed by atoms with Crippen LogP contribution in [-0.2, 0) is 10.5 Å². The number of nitrogens with zero attached hydrogens (tertiary/aromatic N) is 3. The van der Waals surface area contributed by atoms with Gasteiger partial charge >= 0.3 is 0 Å². The maximum Gasteiger partial charge on any atom is 0.232 e. The summed E-state index contributed by atoms with van der Waals surface area (Å²) >= 11 is 1.66. The van der Waals surface area contributed by atoms with Crippen molar-refractivity contribution in [2.75, 3.05) is 32.4 Å². The van der Waals surface area contributed by atoms with E-state index in [-0.39, 0.29) is 5.91 Å². The van der Waals surface area contributed by atoms with Crippen molar-refractivity contribution in [3.8, 4) is 0 Å². The van der Waals surface area contributed by atoms with Gasteiger partial charge in [0.2, 0.25) is 5.91 Å². The number of carbonyl (C=O) groups excluding carboxylic acids is 1. The Morgan fingerprint density at radius 1 is 1.33 bits per heavy atom. The van der Waals surface area contributed by atoms with Gasteiger partial charge in [-0.3, -0.25) is 4.79 Å². The molecule has 2 aromatic heterocycles. The first-order chi connectivity index (χ1) is 11.7. The second-order valence-electron chi connectivity index (χ2n) is 6.58. The molecule has 5 nitrogen and oxygen atoms in total. The Hall–Kier alpha value is -1.53. The minimum atomic E-state index is 0.266. The Kier molecular flexibility index (Phi) is 5.79. The third-order valence-corrected chi connectivity index (χ3v) is 5.54. The molecule has 0 atom stereocenters. The molecule has 1 amide bonds. The molecule has 0 saturated carbocycles. The summed E-state index contributed by atoms with van der Waals surface area (Å²) in [5, 5.41) is 3.23. The molecule has 0 unspecified atom stereocenters. The molecule has 3 heterocycles. The van der Waals surface area contributed by atoms with E-state index in [0.29, 0.717) is 11.7 Å². The number of nitrogens with one attached hydrogen (secondary N) is 1. The van der Waals surface area contributed by atoms with Crippen LogP contribution in [0.15, 0.2) is 24.5 Å². The van der Waals surface area contributed by atoms with Gasteiger partial charge in [-0.1, -0.05) is 6.07 Å². The van der Waals surface area contributed by atoms with Crippen molar-refractivity contribution in [3.05, 3.63) is 35.8 Å². The first kappa shape index (κ1) is 17.3. The second kappa shape index (κ2) is 8.03.